The van der Waals surface area contributed by atoms with Crippen molar-refractivity contribution >= 4 is 10.8 Å². The molecular formula is C12H24O2S. The summed E-state index contributed by atoms with van der Waals surface area (Å²) in [4.78, 5) is 0. The fourth-order valence-corrected chi connectivity index (χ4v) is 4.04. The van der Waals surface area contributed by atoms with Gasteiger partial charge in [0.25, 0.3) is 0 Å². The Morgan fingerprint density at radius 2 is 2.00 bits per heavy atom. The lowest BCUT2D eigenvalue weighted by Gasteiger charge is -2.17. The molecule has 0 aliphatic carbocycles. The van der Waals surface area contributed by atoms with Crippen molar-refractivity contribution in [3.63, 3.8) is 0 Å². The average Bonchev–Trinajstić information content (AvgIpc) is 2.70. The third-order valence-electron chi connectivity index (χ3n) is 2.97. The van der Waals surface area contributed by atoms with E-state index in [0.29, 0.717) is 5.25 Å². The quantitative estimate of drug-likeness (QED) is 0.674. The van der Waals surface area contributed by atoms with E-state index < -0.39 is 10.8 Å². The molecule has 0 saturated carbocycles. The lowest BCUT2D eigenvalue weighted by Crippen LogP contribution is -2.24. The Labute approximate surface area is 96.2 Å². The van der Waals surface area contributed by atoms with Gasteiger partial charge in [-0.1, -0.05) is 26.7 Å². The van der Waals surface area contributed by atoms with Gasteiger partial charge in [0.2, 0.25) is 0 Å². The van der Waals surface area contributed by atoms with Crippen molar-refractivity contribution in [1.29, 1.82) is 0 Å². The van der Waals surface area contributed by atoms with Crippen LogP contribution in [0.25, 0.3) is 0 Å². The van der Waals surface area contributed by atoms with Crippen LogP contribution < -0.4 is 0 Å². The van der Waals surface area contributed by atoms with Crippen LogP contribution in [-0.2, 0) is 15.5 Å². The van der Waals surface area contributed by atoms with Crippen LogP contribution in [0.3, 0.4) is 0 Å². The normalized spacial score (nSPS) is 23.5. The molecule has 0 aromatic carbocycles. The van der Waals surface area contributed by atoms with Crippen molar-refractivity contribution < 1.29 is 8.95 Å². The van der Waals surface area contributed by atoms with Gasteiger partial charge in [0.05, 0.1) is 11.9 Å². The van der Waals surface area contributed by atoms with E-state index in [4.69, 9.17) is 4.74 Å². The van der Waals surface area contributed by atoms with Gasteiger partial charge in [-0.3, -0.25) is 4.21 Å². The Kier molecular flexibility index (Phi) is 6.50. The van der Waals surface area contributed by atoms with Crippen molar-refractivity contribution in [3.05, 3.63) is 0 Å². The van der Waals surface area contributed by atoms with Crippen LogP contribution in [0.15, 0.2) is 0 Å². The number of hydrogen-bond donors (Lipinski definition) is 0. The molecule has 1 saturated heterocycles. The molecule has 0 unspecified atom stereocenters. The van der Waals surface area contributed by atoms with E-state index in [9.17, 15) is 4.21 Å². The molecule has 90 valence electrons. The van der Waals surface area contributed by atoms with E-state index in [1.807, 2.05) is 0 Å². The van der Waals surface area contributed by atoms with Crippen LogP contribution in [0.1, 0.15) is 52.4 Å². The predicted molar refractivity (Wildman–Crippen MR) is 65.6 cm³/mol. The smallest absolute Gasteiger partial charge is 0.0691 e. The van der Waals surface area contributed by atoms with Gasteiger partial charge in [-0.25, -0.2) is 0 Å². The Balaban J connectivity index is 2.33. The molecule has 2 atom stereocenters. The molecule has 0 spiro atoms. The Morgan fingerprint density at radius 3 is 2.47 bits per heavy atom. The second-order valence-electron chi connectivity index (χ2n) is 4.38. The SMILES string of the molecule is CCCC(CCC)[S@](=O)C[C@H]1CCCO1. The Hall–Kier alpha value is 0.110. The van der Waals surface area contributed by atoms with Crippen molar-refractivity contribution in [3.8, 4) is 0 Å². The minimum Gasteiger partial charge on any atom is -0.377 e. The maximum atomic E-state index is 12.1. The van der Waals surface area contributed by atoms with Crippen LogP contribution in [0, 0.1) is 0 Å². The summed E-state index contributed by atoms with van der Waals surface area (Å²) in [6.07, 6.45) is 7.02. The molecule has 0 radical (unpaired) electrons. The first-order valence-corrected chi connectivity index (χ1v) is 7.64. The van der Waals surface area contributed by atoms with Crippen molar-refractivity contribution in [2.45, 2.75) is 63.7 Å². The molecular weight excluding hydrogens is 208 g/mol. The maximum Gasteiger partial charge on any atom is 0.0691 e. The second kappa shape index (κ2) is 7.39. The summed E-state index contributed by atoms with van der Waals surface area (Å²) in [6, 6.07) is 0. The first kappa shape index (κ1) is 13.2. The number of ether oxygens (including phenoxy) is 1. The Bertz CT molecular complexity index is 182. The van der Waals surface area contributed by atoms with Crippen molar-refractivity contribution in [2.75, 3.05) is 12.4 Å². The van der Waals surface area contributed by atoms with Gasteiger partial charge in [0, 0.05) is 22.7 Å². The second-order valence-corrected chi connectivity index (χ2v) is 6.14. The standard InChI is InChI=1S/C12H24O2S/c1-3-6-12(7-4-2)15(13)10-11-8-5-9-14-11/h11-12H,3-10H2,1-2H3/t11-,15-/m1/s1. The monoisotopic (exact) mass is 232 g/mol. The topological polar surface area (TPSA) is 26.3 Å². The average molecular weight is 232 g/mol. The van der Waals surface area contributed by atoms with E-state index in [1.54, 1.807) is 0 Å². The zero-order chi connectivity index (χ0) is 11.1. The van der Waals surface area contributed by atoms with Gasteiger partial charge >= 0.3 is 0 Å². The molecule has 0 aromatic heterocycles. The lowest BCUT2D eigenvalue weighted by molar-refractivity contribution is 0.128. The highest BCUT2D eigenvalue weighted by atomic mass is 32.2. The molecule has 0 bridgehead atoms. The summed E-state index contributed by atoms with van der Waals surface area (Å²) in [5.41, 5.74) is 0. The number of rotatable bonds is 7. The maximum absolute atomic E-state index is 12.1. The molecule has 3 heteroatoms. The first-order chi connectivity index (χ1) is 7.27. The van der Waals surface area contributed by atoms with Gasteiger partial charge in [-0.2, -0.15) is 0 Å². The molecule has 1 rings (SSSR count). The zero-order valence-electron chi connectivity index (χ0n) is 10.0. The predicted octanol–water partition coefficient (Wildman–Crippen LogP) is 2.88. The summed E-state index contributed by atoms with van der Waals surface area (Å²) in [6.45, 7) is 5.21. The zero-order valence-corrected chi connectivity index (χ0v) is 10.9. The van der Waals surface area contributed by atoms with E-state index in [2.05, 4.69) is 13.8 Å². The lowest BCUT2D eigenvalue weighted by atomic mass is 10.2. The van der Waals surface area contributed by atoms with Gasteiger partial charge in [0.1, 0.15) is 0 Å². The summed E-state index contributed by atoms with van der Waals surface area (Å²) in [5.74, 6) is 0.769. The third-order valence-corrected chi connectivity index (χ3v) is 4.88. The molecule has 0 aromatic rings. The molecule has 2 nitrogen and oxygen atoms in total. The van der Waals surface area contributed by atoms with E-state index in [-0.39, 0.29) is 6.10 Å². The van der Waals surface area contributed by atoms with Crippen LogP contribution in [0.5, 0.6) is 0 Å². The fraction of sp³-hybridized carbons (Fsp3) is 1.00. The summed E-state index contributed by atoms with van der Waals surface area (Å²) < 4.78 is 17.6. The van der Waals surface area contributed by atoms with Gasteiger partial charge in [-0.15, -0.1) is 0 Å². The highest BCUT2D eigenvalue weighted by molar-refractivity contribution is 7.85. The number of hydrogen-bond acceptors (Lipinski definition) is 2. The van der Waals surface area contributed by atoms with Gasteiger partial charge in [0.15, 0.2) is 0 Å². The molecule has 15 heavy (non-hydrogen) atoms. The highest BCUT2D eigenvalue weighted by Gasteiger charge is 2.22. The molecule has 0 N–H and O–H groups in total. The molecule has 1 fully saturated rings. The third kappa shape index (κ3) is 4.64. The first-order valence-electron chi connectivity index (χ1n) is 6.26. The van der Waals surface area contributed by atoms with Crippen LogP contribution in [0.4, 0.5) is 0 Å². The van der Waals surface area contributed by atoms with Crippen LogP contribution >= 0.6 is 0 Å². The fourth-order valence-electron chi connectivity index (χ4n) is 2.15. The van der Waals surface area contributed by atoms with Gasteiger partial charge in [-0.05, 0) is 25.7 Å². The minimum absolute atomic E-state index is 0.280. The van der Waals surface area contributed by atoms with Crippen molar-refractivity contribution in [1.82, 2.24) is 0 Å². The van der Waals surface area contributed by atoms with E-state index in [0.717, 1.165) is 50.9 Å². The molecule has 1 heterocycles. The van der Waals surface area contributed by atoms with Crippen molar-refractivity contribution in [2.24, 2.45) is 0 Å². The minimum atomic E-state index is -0.672. The molecule has 0 amide bonds. The summed E-state index contributed by atoms with van der Waals surface area (Å²) in [5, 5.41) is 0.407. The molecule has 1 aliphatic heterocycles. The Morgan fingerprint density at radius 1 is 1.33 bits per heavy atom. The van der Waals surface area contributed by atoms with Crippen LogP contribution in [-0.4, -0.2) is 27.9 Å². The molecule has 1 aliphatic rings. The van der Waals surface area contributed by atoms with E-state index >= 15 is 0 Å². The van der Waals surface area contributed by atoms with Gasteiger partial charge < -0.3 is 4.74 Å². The van der Waals surface area contributed by atoms with E-state index in [1.165, 1.54) is 0 Å². The summed E-state index contributed by atoms with van der Waals surface area (Å²) >= 11 is 0. The largest absolute Gasteiger partial charge is 0.377 e. The van der Waals surface area contributed by atoms with Crippen LogP contribution in [0.2, 0.25) is 0 Å². The summed E-state index contributed by atoms with van der Waals surface area (Å²) in [7, 11) is -0.672. The highest BCUT2D eigenvalue weighted by Crippen LogP contribution is 2.18.